The molecule has 98 valence electrons. The maximum Gasteiger partial charge on any atom is 1.00 e. The number of hydrogen-bond donors (Lipinski definition) is 0. The van der Waals surface area contributed by atoms with Gasteiger partial charge in [-0.3, -0.25) is 4.79 Å². The molecule has 0 saturated heterocycles. The SMILES string of the molecule is COC(=O)/C=C/C(=O)c1ccc([S-](=O)=O)cc1.[Na+].[OH-]. The van der Waals surface area contributed by atoms with Gasteiger partial charge in [0.25, 0.3) is 0 Å². The van der Waals surface area contributed by atoms with Gasteiger partial charge in [-0.1, -0.05) is 29.2 Å². The number of esters is 1. The molecule has 1 rings (SSSR count). The second-order valence-corrected chi connectivity index (χ2v) is 3.92. The number of rotatable bonds is 4. The fourth-order valence-electron chi connectivity index (χ4n) is 1.04. The van der Waals surface area contributed by atoms with E-state index in [1.807, 2.05) is 0 Å². The van der Waals surface area contributed by atoms with Gasteiger partial charge in [-0.15, -0.1) is 0 Å². The van der Waals surface area contributed by atoms with Crippen LogP contribution in [0.1, 0.15) is 10.4 Å². The normalized spacial score (nSPS) is 9.58. The molecule has 0 bridgehead atoms. The van der Waals surface area contributed by atoms with E-state index in [0.717, 1.165) is 12.2 Å². The molecule has 0 aliphatic heterocycles. The summed E-state index contributed by atoms with van der Waals surface area (Å²) in [5, 5.41) is 0. The van der Waals surface area contributed by atoms with Crippen molar-refractivity contribution in [1.29, 1.82) is 0 Å². The molecular formula is C11H10NaO6S-. The first-order chi connectivity index (χ1) is 8.04. The Labute approximate surface area is 134 Å². The average molecular weight is 293 g/mol. The van der Waals surface area contributed by atoms with Crippen molar-refractivity contribution in [3.05, 3.63) is 42.0 Å². The number of methoxy groups -OCH3 is 1. The molecule has 6 nitrogen and oxygen atoms in total. The minimum atomic E-state index is -2.32. The van der Waals surface area contributed by atoms with Gasteiger partial charge in [-0.05, 0) is 16.8 Å². The zero-order chi connectivity index (χ0) is 12.8. The Hall–Kier alpha value is -0.990. The van der Waals surface area contributed by atoms with Crippen molar-refractivity contribution in [3.63, 3.8) is 0 Å². The molecule has 0 radical (unpaired) electrons. The van der Waals surface area contributed by atoms with Crippen molar-refractivity contribution < 1.29 is 57.8 Å². The molecule has 0 fully saturated rings. The van der Waals surface area contributed by atoms with Crippen LogP contribution in [0, 0.1) is 0 Å². The summed E-state index contributed by atoms with van der Waals surface area (Å²) in [7, 11) is -1.11. The molecule has 1 aromatic carbocycles. The second kappa shape index (κ2) is 9.88. The van der Waals surface area contributed by atoms with E-state index in [0.29, 0.717) is 5.56 Å². The number of ether oxygens (including phenoxy) is 1. The molecule has 8 heteroatoms. The average Bonchev–Trinajstić information content (AvgIpc) is 2.35. The summed E-state index contributed by atoms with van der Waals surface area (Å²) in [4.78, 5) is 22.3. The molecule has 0 atom stereocenters. The summed E-state index contributed by atoms with van der Waals surface area (Å²) < 4.78 is 25.5. The van der Waals surface area contributed by atoms with Crippen LogP contribution in [-0.4, -0.2) is 24.3 Å². The second-order valence-electron chi connectivity index (χ2n) is 2.98. The van der Waals surface area contributed by atoms with Crippen LogP contribution in [0.5, 0.6) is 0 Å². The third kappa shape index (κ3) is 6.65. The van der Waals surface area contributed by atoms with Crippen LogP contribution in [0.3, 0.4) is 0 Å². The Morgan fingerprint density at radius 2 is 1.63 bits per heavy atom. The first-order valence-corrected chi connectivity index (χ1v) is 5.62. The third-order valence-corrected chi connectivity index (χ3v) is 2.56. The molecule has 0 spiro atoms. The summed E-state index contributed by atoms with van der Waals surface area (Å²) in [5.74, 6) is -1.03. The quantitative estimate of drug-likeness (QED) is 0.211. The molecule has 0 saturated carbocycles. The van der Waals surface area contributed by atoms with Crippen molar-refractivity contribution in [2.75, 3.05) is 7.11 Å². The Morgan fingerprint density at radius 1 is 1.11 bits per heavy atom. The van der Waals surface area contributed by atoms with E-state index >= 15 is 0 Å². The van der Waals surface area contributed by atoms with Crippen LogP contribution < -0.4 is 29.6 Å². The Balaban J connectivity index is 0. The topological polar surface area (TPSA) is 108 Å². The van der Waals surface area contributed by atoms with Crippen LogP contribution in [0.15, 0.2) is 41.3 Å². The molecule has 0 heterocycles. The van der Waals surface area contributed by atoms with Gasteiger partial charge < -0.3 is 18.6 Å². The molecule has 1 N–H and O–H groups in total. The Morgan fingerprint density at radius 3 is 2.05 bits per heavy atom. The number of carbonyl (C=O) groups is 2. The van der Waals surface area contributed by atoms with E-state index < -0.39 is 22.5 Å². The molecular weight excluding hydrogens is 283 g/mol. The first-order valence-electron chi connectivity index (χ1n) is 4.54. The van der Waals surface area contributed by atoms with Crippen molar-refractivity contribution in [1.82, 2.24) is 0 Å². The molecule has 0 aliphatic rings. The van der Waals surface area contributed by atoms with Crippen molar-refractivity contribution in [3.8, 4) is 0 Å². The summed E-state index contributed by atoms with van der Waals surface area (Å²) in [6.45, 7) is 0. The number of ketones is 1. The summed E-state index contributed by atoms with van der Waals surface area (Å²) in [6.07, 6.45) is 2.07. The van der Waals surface area contributed by atoms with Crippen molar-refractivity contribution >= 4 is 22.5 Å². The largest absolute Gasteiger partial charge is 1.00 e. The summed E-state index contributed by atoms with van der Waals surface area (Å²) >= 11 is 0. The van der Waals surface area contributed by atoms with Gasteiger partial charge in [0, 0.05) is 11.6 Å². The zero-order valence-corrected chi connectivity index (χ0v) is 13.2. The van der Waals surface area contributed by atoms with Gasteiger partial charge in [0.05, 0.1) is 7.11 Å². The standard InChI is InChI=1S/C11H9O5S.Na.H2O/c1-16-11(13)7-6-10(12)8-2-4-9(5-3-8)17(14)15;;/h2-7H,1H3;;1H2/q-1;+1;/p-1/b7-6+;;. The van der Waals surface area contributed by atoms with Crippen LogP contribution in [0.2, 0.25) is 0 Å². The van der Waals surface area contributed by atoms with Gasteiger partial charge >= 0.3 is 35.5 Å². The van der Waals surface area contributed by atoms with E-state index in [-0.39, 0.29) is 39.9 Å². The number of carbonyl (C=O) groups excluding carboxylic acids is 2. The third-order valence-electron chi connectivity index (χ3n) is 1.90. The van der Waals surface area contributed by atoms with Crippen molar-refractivity contribution in [2.24, 2.45) is 0 Å². The number of hydrogen-bond acceptors (Lipinski definition) is 7. The fourth-order valence-corrected chi connectivity index (χ4v) is 1.40. The predicted octanol–water partition coefficient (Wildman–Crippen LogP) is -1.91. The maximum absolute atomic E-state index is 11.5. The summed E-state index contributed by atoms with van der Waals surface area (Å²) in [5.41, 5.74) is 0.291. The number of benzene rings is 1. The van der Waals surface area contributed by atoms with Gasteiger partial charge in [0.1, 0.15) is 0 Å². The molecule has 0 aliphatic carbocycles. The minimum absolute atomic E-state index is 0. The molecule has 19 heavy (non-hydrogen) atoms. The maximum atomic E-state index is 11.5. The summed E-state index contributed by atoms with van der Waals surface area (Å²) in [6, 6.07) is 5.36. The van der Waals surface area contributed by atoms with Crippen molar-refractivity contribution in [2.45, 2.75) is 4.90 Å². The van der Waals surface area contributed by atoms with E-state index in [4.69, 9.17) is 0 Å². The Kier molecular flexibility index (Phi) is 10.6. The Bertz CT molecular complexity index is 525. The smallest absolute Gasteiger partial charge is 0.870 e. The number of allylic oxidation sites excluding steroid dienone is 1. The molecule has 1 aromatic rings. The van der Waals surface area contributed by atoms with Crippen LogP contribution in [-0.2, 0) is 28.7 Å². The van der Waals surface area contributed by atoms with Gasteiger partial charge in [-0.25, -0.2) is 4.79 Å². The van der Waals surface area contributed by atoms with Crippen LogP contribution in [0.25, 0.3) is 0 Å². The molecule has 0 amide bonds. The van der Waals surface area contributed by atoms with E-state index in [1.165, 1.54) is 31.4 Å². The van der Waals surface area contributed by atoms with Gasteiger partial charge in [-0.2, -0.15) is 0 Å². The van der Waals surface area contributed by atoms with E-state index in [2.05, 4.69) is 4.74 Å². The van der Waals surface area contributed by atoms with Gasteiger partial charge in [0.15, 0.2) is 5.78 Å². The zero-order valence-electron chi connectivity index (χ0n) is 10.4. The predicted molar refractivity (Wildman–Crippen MR) is 60.9 cm³/mol. The molecule has 0 aromatic heterocycles. The fraction of sp³-hybridized carbons (Fsp3) is 0.0909. The van der Waals surface area contributed by atoms with E-state index in [1.54, 1.807) is 0 Å². The first kappa shape index (κ1) is 20.3. The minimum Gasteiger partial charge on any atom is -0.870 e. The molecule has 0 unspecified atom stereocenters. The monoisotopic (exact) mass is 293 g/mol. The van der Waals surface area contributed by atoms with E-state index in [9.17, 15) is 18.0 Å². The van der Waals surface area contributed by atoms with Crippen LogP contribution >= 0.6 is 0 Å². The van der Waals surface area contributed by atoms with Crippen LogP contribution in [0.4, 0.5) is 0 Å². The van der Waals surface area contributed by atoms with Gasteiger partial charge in [0.2, 0.25) is 0 Å².